The van der Waals surface area contributed by atoms with Gasteiger partial charge in [0.05, 0.1) is 0 Å². The van der Waals surface area contributed by atoms with Gasteiger partial charge in [0.1, 0.15) is 17.3 Å². The van der Waals surface area contributed by atoms with Crippen LogP contribution in [0.1, 0.15) is 31.1 Å². The highest BCUT2D eigenvalue weighted by Gasteiger charge is 2.22. The monoisotopic (exact) mass is 299 g/mol. The zero-order valence-electron chi connectivity index (χ0n) is 13.2. The second-order valence-corrected chi connectivity index (χ2v) is 5.73. The van der Waals surface area contributed by atoms with Gasteiger partial charge in [0.2, 0.25) is 0 Å². The van der Waals surface area contributed by atoms with E-state index in [2.05, 4.69) is 10.6 Å². The number of benzene rings is 1. The highest BCUT2D eigenvalue weighted by atomic mass is 19.1. The van der Waals surface area contributed by atoms with E-state index in [4.69, 9.17) is 0 Å². The predicted octanol–water partition coefficient (Wildman–Crippen LogP) is 2.47. The molecule has 1 aromatic rings. The Kier molecular flexibility index (Phi) is 5.66. The summed E-state index contributed by atoms with van der Waals surface area (Å²) in [5.74, 6) is -2.03. The maximum Gasteiger partial charge on any atom is 0.251 e. The summed E-state index contributed by atoms with van der Waals surface area (Å²) in [6.45, 7) is 6.43. The van der Waals surface area contributed by atoms with E-state index in [-0.39, 0.29) is 16.8 Å². The molecule has 0 aliphatic heterocycles. The summed E-state index contributed by atoms with van der Waals surface area (Å²) in [5, 5.41) is 5.29. The number of rotatable bonds is 6. The first-order valence-corrected chi connectivity index (χ1v) is 6.87. The number of halogens is 2. The number of anilines is 1. The van der Waals surface area contributed by atoms with Crippen molar-refractivity contribution < 1.29 is 13.6 Å². The first-order chi connectivity index (χ1) is 9.69. The van der Waals surface area contributed by atoms with Gasteiger partial charge in [-0.25, -0.2) is 8.78 Å². The van der Waals surface area contributed by atoms with Crippen molar-refractivity contribution in [3.63, 3.8) is 0 Å². The van der Waals surface area contributed by atoms with E-state index in [0.717, 1.165) is 12.1 Å². The molecule has 0 atom stereocenters. The van der Waals surface area contributed by atoms with Gasteiger partial charge in [-0.1, -0.05) is 0 Å². The number of carbonyl (C=O) groups excluding carboxylic acids is 1. The van der Waals surface area contributed by atoms with E-state index >= 15 is 0 Å². The summed E-state index contributed by atoms with van der Waals surface area (Å²) in [4.78, 5) is 14.0. The van der Waals surface area contributed by atoms with Gasteiger partial charge in [0, 0.05) is 24.2 Å². The lowest BCUT2D eigenvalue weighted by Crippen LogP contribution is -2.48. The number of hydrogen-bond acceptors (Lipinski definition) is 3. The number of carbonyl (C=O) groups is 1. The fourth-order valence-electron chi connectivity index (χ4n) is 1.61. The Labute approximate surface area is 124 Å². The van der Waals surface area contributed by atoms with Gasteiger partial charge in [0.15, 0.2) is 0 Å². The van der Waals surface area contributed by atoms with Gasteiger partial charge in [-0.15, -0.1) is 0 Å². The van der Waals surface area contributed by atoms with Gasteiger partial charge in [0.25, 0.3) is 5.91 Å². The number of nitrogens with one attached hydrogen (secondary N) is 2. The molecular weight excluding hydrogens is 276 g/mol. The van der Waals surface area contributed by atoms with Crippen molar-refractivity contribution in [1.29, 1.82) is 0 Å². The Balaban J connectivity index is 2.85. The van der Waals surface area contributed by atoms with E-state index in [1.54, 1.807) is 6.92 Å². The summed E-state index contributed by atoms with van der Waals surface area (Å²) in [5.41, 5.74) is -0.486. The van der Waals surface area contributed by atoms with E-state index < -0.39 is 17.5 Å². The molecule has 0 saturated carbocycles. The Bertz CT molecular complexity index is 493. The molecule has 0 heterocycles. The van der Waals surface area contributed by atoms with Crippen molar-refractivity contribution in [2.24, 2.45) is 0 Å². The molecule has 0 fully saturated rings. The normalized spacial score (nSPS) is 11.6. The maximum atomic E-state index is 13.8. The molecule has 0 aliphatic rings. The Morgan fingerprint density at radius 1 is 1.24 bits per heavy atom. The molecule has 0 saturated heterocycles. The van der Waals surface area contributed by atoms with E-state index in [1.165, 1.54) is 0 Å². The van der Waals surface area contributed by atoms with Crippen LogP contribution in [0, 0.1) is 11.6 Å². The standard InChI is InChI=1S/C15H23F2N3O/c1-6-18-13-11(16)7-10(8-12(13)17)14(21)19-9-15(2,3)20(4)5/h7-8,18H,6,9H2,1-5H3,(H,19,21). The van der Waals surface area contributed by atoms with Crippen molar-refractivity contribution in [3.05, 3.63) is 29.3 Å². The molecular formula is C15H23F2N3O. The number of amides is 1. The van der Waals surface area contributed by atoms with Gasteiger partial charge >= 0.3 is 0 Å². The average molecular weight is 299 g/mol. The van der Waals surface area contributed by atoms with Crippen LogP contribution in [-0.2, 0) is 0 Å². The SMILES string of the molecule is CCNc1c(F)cc(C(=O)NCC(C)(C)N(C)C)cc1F. The zero-order chi connectivity index (χ0) is 16.2. The van der Waals surface area contributed by atoms with Crippen LogP contribution in [0.2, 0.25) is 0 Å². The molecule has 0 radical (unpaired) electrons. The molecule has 0 aliphatic carbocycles. The highest BCUT2D eigenvalue weighted by molar-refractivity contribution is 5.94. The molecule has 0 bridgehead atoms. The summed E-state index contributed by atoms with van der Waals surface area (Å²) in [6, 6.07) is 2.08. The minimum atomic E-state index is -0.770. The zero-order valence-corrected chi connectivity index (χ0v) is 13.2. The molecule has 0 aromatic heterocycles. The molecule has 0 unspecified atom stereocenters. The largest absolute Gasteiger partial charge is 0.381 e. The van der Waals surface area contributed by atoms with Gasteiger partial charge in [-0.3, -0.25) is 4.79 Å². The van der Waals surface area contributed by atoms with Crippen LogP contribution in [0.15, 0.2) is 12.1 Å². The van der Waals surface area contributed by atoms with Crippen molar-refractivity contribution in [2.45, 2.75) is 26.3 Å². The number of hydrogen-bond donors (Lipinski definition) is 2. The third kappa shape index (κ3) is 4.39. The minimum absolute atomic E-state index is 0.0267. The van der Waals surface area contributed by atoms with E-state index in [9.17, 15) is 13.6 Å². The van der Waals surface area contributed by atoms with Crippen molar-refractivity contribution >= 4 is 11.6 Å². The average Bonchev–Trinajstić information content (AvgIpc) is 2.39. The second-order valence-electron chi connectivity index (χ2n) is 5.73. The van der Waals surface area contributed by atoms with Gasteiger partial charge in [-0.05, 0) is 47.0 Å². The summed E-state index contributed by atoms with van der Waals surface area (Å²) >= 11 is 0. The molecule has 1 amide bonds. The van der Waals surface area contributed by atoms with E-state index in [0.29, 0.717) is 13.1 Å². The molecule has 1 rings (SSSR count). The highest BCUT2D eigenvalue weighted by Crippen LogP contribution is 2.20. The minimum Gasteiger partial charge on any atom is -0.381 e. The van der Waals surface area contributed by atoms with Crippen LogP contribution >= 0.6 is 0 Å². The molecule has 118 valence electrons. The van der Waals surface area contributed by atoms with Crippen LogP contribution < -0.4 is 10.6 Å². The Morgan fingerprint density at radius 2 is 1.76 bits per heavy atom. The number of likely N-dealkylation sites (N-methyl/N-ethyl adjacent to an activating group) is 1. The van der Waals surface area contributed by atoms with Crippen molar-refractivity contribution in [2.75, 3.05) is 32.5 Å². The molecule has 6 heteroatoms. The lowest BCUT2D eigenvalue weighted by molar-refractivity contribution is 0.0919. The van der Waals surface area contributed by atoms with Crippen LogP contribution in [-0.4, -0.2) is 43.5 Å². The fraction of sp³-hybridized carbons (Fsp3) is 0.533. The smallest absolute Gasteiger partial charge is 0.251 e. The molecule has 2 N–H and O–H groups in total. The summed E-state index contributed by atoms with van der Waals surface area (Å²) in [7, 11) is 3.80. The van der Waals surface area contributed by atoms with Crippen LogP contribution in [0.5, 0.6) is 0 Å². The molecule has 0 spiro atoms. The first kappa shape index (κ1) is 17.4. The van der Waals surface area contributed by atoms with Crippen LogP contribution in [0.4, 0.5) is 14.5 Å². The van der Waals surface area contributed by atoms with Crippen LogP contribution in [0.25, 0.3) is 0 Å². The fourth-order valence-corrected chi connectivity index (χ4v) is 1.61. The number of nitrogens with zero attached hydrogens (tertiary/aromatic N) is 1. The first-order valence-electron chi connectivity index (χ1n) is 6.87. The van der Waals surface area contributed by atoms with E-state index in [1.807, 2.05) is 32.8 Å². The third-order valence-corrected chi connectivity index (χ3v) is 3.55. The van der Waals surface area contributed by atoms with Gasteiger partial charge in [-0.2, -0.15) is 0 Å². The lowest BCUT2D eigenvalue weighted by Gasteiger charge is -2.32. The maximum absolute atomic E-state index is 13.8. The van der Waals surface area contributed by atoms with Gasteiger partial charge < -0.3 is 15.5 Å². The summed E-state index contributed by atoms with van der Waals surface area (Å²) < 4.78 is 27.5. The Hall–Kier alpha value is -1.69. The quantitative estimate of drug-likeness (QED) is 0.848. The van der Waals surface area contributed by atoms with Crippen molar-refractivity contribution in [1.82, 2.24) is 10.2 Å². The third-order valence-electron chi connectivity index (χ3n) is 3.55. The second kappa shape index (κ2) is 6.85. The summed E-state index contributed by atoms with van der Waals surface area (Å²) in [6.07, 6.45) is 0. The lowest BCUT2D eigenvalue weighted by atomic mass is 10.0. The molecule has 1 aromatic carbocycles. The predicted molar refractivity (Wildman–Crippen MR) is 80.6 cm³/mol. The molecule has 21 heavy (non-hydrogen) atoms. The molecule has 4 nitrogen and oxygen atoms in total. The Morgan fingerprint density at radius 3 is 2.19 bits per heavy atom. The van der Waals surface area contributed by atoms with Crippen molar-refractivity contribution in [3.8, 4) is 0 Å². The van der Waals surface area contributed by atoms with Crippen LogP contribution in [0.3, 0.4) is 0 Å². The topological polar surface area (TPSA) is 44.4 Å².